The average molecular weight is 308 g/mol. The van der Waals surface area contributed by atoms with Crippen LogP contribution in [0.25, 0.3) is 0 Å². The molecule has 1 aromatic carbocycles. The number of rotatable bonds is 3. The van der Waals surface area contributed by atoms with E-state index in [1.807, 2.05) is 30.3 Å². The Labute approximate surface area is 125 Å². The van der Waals surface area contributed by atoms with E-state index in [9.17, 15) is 13.2 Å². The Morgan fingerprint density at radius 2 is 1.90 bits per heavy atom. The predicted molar refractivity (Wildman–Crippen MR) is 80.1 cm³/mol. The standard InChI is InChI=1S/C15H20N2O3S/c16-21(19,20)13-7-4-10-17(11-13)14(18)15(8-9-15)12-5-2-1-3-6-12/h1-3,5-6,13H,4,7-11H2,(H2,16,19,20). The summed E-state index contributed by atoms with van der Waals surface area (Å²) in [4.78, 5) is 14.5. The quantitative estimate of drug-likeness (QED) is 0.904. The number of sulfonamides is 1. The van der Waals surface area contributed by atoms with Crippen molar-refractivity contribution in [1.82, 2.24) is 4.90 Å². The molecule has 0 bridgehead atoms. The average Bonchev–Trinajstić information content (AvgIpc) is 3.28. The second-order valence-corrected chi connectivity index (χ2v) is 7.90. The number of carbonyl (C=O) groups excluding carboxylic acids is 1. The van der Waals surface area contributed by atoms with Gasteiger partial charge in [-0.05, 0) is 31.2 Å². The van der Waals surface area contributed by atoms with E-state index in [0.29, 0.717) is 19.4 Å². The zero-order chi connectivity index (χ0) is 15.1. The second-order valence-electron chi connectivity index (χ2n) is 6.05. The third-order valence-corrected chi connectivity index (χ3v) is 5.93. The number of likely N-dealkylation sites (tertiary alicyclic amines) is 1. The number of benzene rings is 1. The molecule has 0 radical (unpaired) electrons. The summed E-state index contributed by atoms with van der Waals surface area (Å²) >= 11 is 0. The van der Waals surface area contributed by atoms with Gasteiger partial charge in [-0.3, -0.25) is 4.79 Å². The lowest BCUT2D eigenvalue weighted by molar-refractivity contribution is -0.134. The predicted octanol–water partition coefficient (Wildman–Crippen LogP) is 0.998. The van der Waals surface area contributed by atoms with E-state index in [-0.39, 0.29) is 12.5 Å². The molecule has 5 nitrogen and oxygen atoms in total. The summed E-state index contributed by atoms with van der Waals surface area (Å²) in [6.07, 6.45) is 2.91. The van der Waals surface area contributed by atoms with Crippen LogP contribution in [0.15, 0.2) is 30.3 Å². The first-order valence-electron chi connectivity index (χ1n) is 7.30. The van der Waals surface area contributed by atoms with E-state index >= 15 is 0 Å². The first-order valence-corrected chi connectivity index (χ1v) is 8.91. The highest BCUT2D eigenvalue weighted by atomic mass is 32.2. The molecular formula is C15H20N2O3S. The molecule has 1 amide bonds. The van der Waals surface area contributed by atoms with E-state index < -0.39 is 20.7 Å². The lowest BCUT2D eigenvalue weighted by atomic mass is 9.93. The first-order chi connectivity index (χ1) is 9.93. The summed E-state index contributed by atoms with van der Waals surface area (Å²) < 4.78 is 23.1. The Bertz CT molecular complexity index is 638. The Hall–Kier alpha value is -1.40. The van der Waals surface area contributed by atoms with Crippen molar-refractivity contribution in [1.29, 1.82) is 0 Å². The molecule has 0 aromatic heterocycles. The SMILES string of the molecule is NS(=O)(=O)C1CCCN(C(=O)C2(c3ccccc3)CC2)C1. The highest BCUT2D eigenvalue weighted by molar-refractivity contribution is 7.89. The summed E-state index contributed by atoms with van der Waals surface area (Å²) in [6, 6.07) is 9.76. The van der Waals surface area contributed by atoms with E-state index in [4.69, 9.17) is 5.14 Å². The van der Waals surface area contributed by atoms with Gasteiger partial charge in [-0.1, -0.05) is 30.3 Å². The molecule has 21 heavy (non-hydrogen) atoms. The Kier molecular flexibility index (Phi) is 3.53. The molecule has 1 saturated carbocycles. The fourth-order valence-corrected chi connectivity index (χ4v) is 4.08. The van der Waals surface area contributed by atoms with Gasteiger partial charge in [0.25, 0.3) is 0 Å². The number of carbonyl (C=O) groups is 1. The third-order valence-electron chi connectivity index (χ3n) is 4.62. The molecule has 6 heteroatoms. The Morgan fingerprint density at radius 3 is 2.48 bits per heavy atom. The van der Waals surface area contributed by atoms with Crippen LogP contribution in [0.1, 0.15) is 31.2 Å². The normalized spacial score (nSPS) is 24.6. The number of piperidine rings is 1. The molecule has 1 aromatic rings. The van der Waals surface area contributed by atoms with Crippen LogP contribution in [0.4, 0.5) is 0 Å². The van der Waals surface area contributed by atoms with Gasteiger partial charge in [-0.15, -0.1) is 0 Å². The smallest absolute Gasteiger partial charge is 0.233 e. The van der Waals surface area contributed by atoms with Crippen LogP contribution in [-0.4, -0.2) is 37.6 Å². The van der Waals surface area contributed by atoms with Gasteiger partial charge in [-0.25, -0.2) is 13.6 Å². The minimum Gasteiger partial charge on any atom is -0.341 e. The Balaban J connectivity index is 1.80. The number of nitrogens with two attached hydrogens (primary N) is 1. The van der Waals surface area contributed by atoms with Gasteiger partial charge >= 0.3 is 0 Å². The zero-order valence-electron chi connectivity index (χ0n) is 11.9. The van der Waals surface area contributed by atoms with Gasteiger partial charge in [0, 0.05) is 13.1 Å². The fraction of sp³-hybridized carbons (Fsp3) is 0.533. The molecule has 114 valence electrons. The molecule has 1 aliphatic heterocycles. The van der Waals surface area contributed by atoms with Crippen molar-refractivity contribution in [3.63, 3.8) is 0 Å². The maximum atomic E-state index is 12.8. The van der Waals surface area contributed by atoms with Crippen LogP contribution in [0.2, 0.25) is 0 Å². The van der Waals surface area contributed by atoms with E-state index in [1.165, 1.54) is 0 Å². The van der Waals surface area contributed by atoms with Crippen LogP contribution < -0.4 is 5.14 Å². The lowest BCUT2D eigenvalue weighted by Crippen LogP contribution is -2.50. The molecular weight excluding hydrogens is 288 g/mol. The van der Waals surface area contributed by atoms with Crippen molar-refractivity contribution in [3.8, 4) is 0 Å². The van der Waals surface area contributed by atoms with Crippen molar-refractivity contribution < 1.29 is 13.2 Å². The van der Waals surface area contributed by atoms with Crippen LogP contribution >= 0.6 is 0 Å². The van der Waals surface area contributed by atoms with Crippen molar-refractivity contribution in [2.75, 3.05) is 13.1 Å². The van der Waals surface area contributed by atoms with Crippen molar-refractivity contribution in [2.45, 2.75) is 36.3 Å². The lowest BCUT2D eigenvalue weighted by Gasteiger charge is -2.34. The first kappa shape index (κ1) is 14.5. The molecule has 2 fully saturated rings. The van der Waals surface area contributed by atoms with E-state index in [2.05, 4.69) is 0 Å². The monoisotopic (exact) mass is 308 g/mol. The number of hydrogen-bond acceptors (Lipinski definition) is 3. The van der Waals surface area contributed by atoms with Gasteiger partial charge in [0.1, 0.15) is 0 Å². The van der Waals surface area contributed by atoms with Crippen LogP contribution in [-0.2, 0) is 20.2 Å². The van der Waals surface area contributed by atoms with Crippen molar-refractivity contribution in [3.05, 3.63) is 35.9 Å². The number of amides is 1. The maximum absolute atomic E-state index is 12.8. The molecule has 1 heterocycles. The van der Waals surface area contributed by atoms with Crippen LogP contribution in [0.5, 0.6) is 0 Å². The summed E-state index contributed by atoms with van der Waals surface area (Å²) in [5.74, 6) is 0.0575. The fourth-order valence-electron chi connectivity index (χ4n) is 3.20. The molecule has 0 spiro atoms. The molecule has 1 unspecified atom stereocenters. The molecule has 1 atom stereocenters. The Morgan fingerprint density at radius 1 is 1.24 bits per heavy atom. The van der Waals surface area contributed by atoms with Crippen molar-refractivity contribution in [2.24, 2.45) is 5.14 Å². The minimum atomic E-state index is -3.58. The van der Waals surface area contributed by atoms with E-state index in [0.717, 1.165) is 18.4 Å². The highest BCUT2D eigenvalue weighted by Crippen LogP contribution is 2.49. The van der Waals surface area contributed by atoms with Gasteiger partial charge < -0.3 is 4.90 Å². The summed E-state index contributed by atoms with van der Waals surface area (Å²) in [6.45, 7) is 0.853. The van der Waals surface area contributed by atoms with Gasteiger partial charge in [0.15, 0.2) is 0 Å². The largest absolute Gasteiger partial charge is 0.341 e. The number of nitrogens with zero attached hydrogens (tertiary/aromatic N) is 1. The minimum absolute atomic E-state index is 0.0575. The van der Waals surface area contributed by atoms with Gasteiger partial charge in [0.05, 0.1) is 10.7 Å². The second kappa shape index (κ2) is 5.10. The molecule has 2 aliphatic rings. The summed E-state index contributed by atoms with van der Waals surface area (Å²) in [5.41, 5.74) is 0.606. The number of hydrogen-bond donors (Lipinski definition) is 1. The van der Waals surface area contributed by atoms with Crippen LogP contribution in [0, 0.1) is 0 Å². The topological polar surface area (TPSA) is 80.5 Å². The summed E-state index contributed by atoms with van der Waals surface area (Å²) in [7, 11) is -3.58. The third kappa shape index (κ3) is 2.70. The van der Waals surface area contributed by atoms with Gasteiger partial charge in [-0.2, -0.15) is 0 Å². The highest BCUT2D eigenvalue weighted by Gasteiger charge is 2.53. The van der Waals surface area contributed by atoms with Crippen LogP contribution in [0.3, 0.4) is 0 Å². The van der Waals surface area contributed by atoms with E-state index in [1.54, 1.807) is 4.90 Å². The summed E-state index contributed by atoms with van der Waals surface area (Å²) in [5, 5.41) is 4.62. The molecule has 1 saturated heterocycles. The van der Waals surface area contributed by atoms with Crippen molar-refractivity contribution >= 4 is 15.9 Å². The number of primary sulfonamides is 1. The maximum Gasteiger partial charge on any atom is 0.233 e. The molecule has 3 rings (SSSR count). The zero-order valence-corrected chi connectivity index (χ0v) is 12.7. The van der Waals surface area contributed by atoms with Gasteiger partial charge in [0.2, 0.25) is 15.9 Å². The molecule has 2 N–H and O–H groups in total. The molecule has 1 aliphatic carbocycles.